The second-order valence-corrected chi connectivity index (χ2v) is 6.08. The van der Waals surface area contributed by atoms with Gasteiger partial charge in [0, 0.05) is 17.0 Å². The standard InChI is InChI=1S/C18H21NO4/c1-22-23-11-12-2-8-17-15(10-12)7-9-16(19-17)13-3-5-14(6-4-13)18(20)21/h2,7-10,13-14H,3-6,11H2,1H3,(H,20,21). The molecule has 1 aromatic heterocycles. The molecule has 1 aromatic carbocycles. The number of hydrogen-bond acceptors (Lipinski definition) is 4. The summed E-state index contributed by atoms with van der Waals surface area (Å²) in [5, 5.41) is 10.2. The molecule has 0 saturated heterocycles. The van der Waals surface area contributed by atoms with Crippen molar-refractivity contribution in [3.63, 3.8) is 0 Å². The fourth-order valence-corrected chi connectivity index (χ4v) is 3.27. The first-order valence-electron chi connectivity index (χ1n) is 7.95. The lowest BCUT2D eigenvalue weighted by molar-refractivity contribution is -0.282. The van der Waals surface area contributed by atoms with E-state index in [9.17, 15) is 4.79 Å². The molecule has 1 heterocycles. The number of pyridine rings is 1. The van der Waals surface area contributed by atoms with Crippen molar-refractivity contribution >= 4 is 16.9 Å². The summed E-state index contributed by atoms with van der Waals surface area (Å²) in [6, 6.07) is 10.2. The number of hydrogen-bond donors (Lipinski definition) is 1. The SMILES string of the molecule is COOCc1ccc2nc(C3CCC(C(=O)O)CC3)ccc2c1. The molecule has 0 atom stereocenters. The zero-order chi connectivity index (χ0) is 16.2. The molecule has 3 rings (SSSR count). The average molecular weight is 315 g/mol. The Hall–Kier alpha value is -1.98. The molecule has 0 bridgehead atoms. The molecule has 122 valence electrons. The van der Waals surface area contributed by atoms with Crippen LogP contribution in [0.25, 0.3) is 10.9 Å². The zero-order valence-electron chi connectivity index (χ0n) is 13.2. The number of aliphatic carboxylic acids is 1. The molecule has 0 radical (unpaired) electrons. The van der Waals surface area contributed by atoms with Gasteiger partial charge in [-0.3, -0.25) is 9.78 Å². The first kappa shape index (κ1) is 15.9. The third-order valence-corrected chi connectivity index (χ3v) is 4.61. The highest BCUT2D eigenvalue weighted by Gasteiger charge is 2.27. The summed E-state index contributed by atoms with van der Waals surface area (Å²) in [6.07, 6.45) is 3.28. The van der Waals surface area contributed by atoms with Crippen molar-refractivity contribution < 1.29 is 19.7 Å². The minimum atomic E-state index is -0.666. The average Bonchev–Trinajstić information content (AvgIpc) is 2.59. The summed E-state index contributed by atoms with van der Waals surface area (Å²) in [5.41, 5.74) is 3.07. The first-order chi connectivity index (χ1) is 11.2. The molecular weight excluding hydrogens is 294 g/mol. The second kappa shape index (κ2) is 7.06. The summed E-state index contributed by atoms with van der Waals surface area (Å²) in [4.78, 5) is 25.4. The monoisotopic (exact) mass is 315 g/mol. The molecule has 1 aliphatic carbocycles. The Balaban J connectivity index is 1.74. The number of fused-ring (bicyclic) bond motifs is 1. The van der Waals surface area contributed by atoms with Gasteiger partial charge in [0.2, 0.25) is 0 Å². The fourth-order valence-electron chi connectivity index (χ4n) is 3.27. The molecule has 0 aliphatic heterocycles. The van der Waals surface area contributed by atoms with Crippen LogP contribution in [0.3, 0.4) is 0 Å². The summed E-state index contributed by atoms with van der Waals surface area (Å²) >= 11 is 0. The van der Waals surface area contributed by atoms with E-state index in [1.165, 1.54) is 7.11 Å². The number of benzene rings is 1. The van der Waals surface area contributed by atoms with Gasteiger partial charge in [-0.05, 0) is 49.4 Å². The largest absolute Gasteiger partial charge is 0.481 e. The van der Waals surface area contributed by atoms with Crippen LogP contribution >= 0.6 is 0 Å². The molecule has 0 amide bonds. The lowest BCUT2D eigenvalue weighted by atomic mass is 9.80. The van der Waals surface area contributed by atoms with Crippen LogP contribution in [-0.4, -0.2) is 23.2 Å². The van der Waals surface area contributed by atoms with E-state index in [0.717, 1.165) is 47.8 Å². The van der Waals surface area contributed by atoms with Gasteiger partial charge in [0.15, 0.2) is 0 Å². The lowest BCUT2D eigenvalue weighted by Gasteiger charge is -2.25. The number of nitrogens with zero attached hydrogens (tertiary/aromatic N) is 1. The van der Waals surface area contributed by atoms with Gasteiger partial charge in [0.05, 0.1) is 18.5 Å². The third kappa shape index (κ3) is 3.68. The van der Waals surface area contributed by atoms with Crippen molar-refractivity contribution in [2.24, 2.45) is 5.92 Å². The predicted octanol–water partition coefficient (Wildman–Crippen LogP) is 3.67. The van der Waals surface area contributed by atoms with Crippen LogP contribution in [0.15, 0.2) is 30.3 Å². The molecular formula is C18H21NO4. The van der Waals surface area contributed by atoms with Crippen LogP contribution < -0.4 is 0 Å². The molecule has 2 aromatic rings. The zero-order valence-corrected chi connectivity index (χ0v) is 13.2. The van der Waals surface area contributed by atoms with Crippen LogP contribution in [0.1, 0.15) is 42.9 Å². The van der Waals surface area contributed by atoms with Crippen molar-refractivity contribution in [2.75, 3.05) is 7.11 Å². The second-order valence-electron chi connectivity index (χ2n) is 6.08. The molecule has 0 spiro atoms. The lowest BCUT2D eigenvalue weighted by Crippen LogP contribution is -2.20. The maximum absolute atomic E-state index is 11.0. The van der Waals surface area contributed by atoms with Crippen LogP contribution in [0, 0.1) is 5.92 Å². The van der Waals surface area contributed by atoms with Gasteiger partial charge < -0.3 is 5.11 Å². The highest BCUT2D eigenvalue weighted by Crippen LogP contribution is 2.35. The maximum atomic E-state index is 11.0. The van der Waals surface area contributed by atoms with Gasteiger partial charge in [0.25, 0.3) is 0 Å². The number of carboxylic acid groups (broad SMARTS) is 1. The molecule has 1 aliphatic rings. The normalized spacial score (nSPS) is 21.4. The van der Waals surface area contributed by atoms with Crippen molar-refractivity contribution in [1.29, 1.82) is 0 Å². The van der Waals surface area contributed by atoms with Gasteiger partial charge in [-0.25, -0.2) is 9.78 Å². The molecule has 1 fully saturated rings. The Morgan fingerprint density at radius 3 is 2.70 bits per heavy atom. The van der Waals surface area contributed by atoms with E-state index in [2.05, 4.69) is 17.0 Å². The Bertz CT molecular complexity index is 692. The smallest absolute Gasteiger partial charge is 0.306 e. The number of aromatic nitrogens is 1. The van der Waals surface area contributed by atoms with Crippen LogP contribution in [0.5, 0.6) is 0 Å². The summed E-state index contributed by atoms with van der Waals surface area (Å²) in [5.74, 6) is -0.484. The van der Waals surface area contributed by atoms with E-state index in [1.54, 1.807) is 0 Å². The Morgan fingerprint density at radius 1 is 1.22 bits per heavy atom. The van der Waals surface area contributed by atoms with Crippen molar-refractivity contribution in [3.8, 4) is 0 Å². The molecule has 23 heavy (non-hydrogen) atoms. The Morgan fingerprint density at radius 2 is 2.00 bits per heavy atom. The van der Waals surface area contributed by atoms with Crippen LogP contribution in [-0.2, 0) is 21.2 Å². The third-order valence-electron chi connectivity index (χ3n) is 4.61. The van der Waals surface area contributed by atoms with Gasteiger partial charge in [0.1, 0.15) is 6.61 Å². The first-order valence-corrected chi connectivity index (χ1v) is 7.95. The molecule has 1 N–H and O–H groups in total. The minimum absolute atomic E-state index is 0.185. The quantitative estimate of drug-likeness (QED) is 0.673. The van der Waals surface area contributed by atoms with Crippen molar-refractivity contribution in [3.05, 3.63) is 41.6 Å². The Kier molecular flexibility index (Phi) is 4.88. The van der Waals surface area contributed by atoms with Crippen LogP contribution in [0.4, 0.5) is 0 Å². The molecule has 5 heteroatoms. The number of carbonyl (C=O) groups is 1. The van der Waals surface area contributed by atoms with Crippen molar-refractivity contribution in [2.45, 2.75) is 38.2 Å². The summed E-state index contributed by atoms with van der Waals surface area (Å²) < 4.78 is 0. The van der Waals surface area contributed by atoms with Crippen LogP contribution in [0.2, 0.25) is 0 Å². The number of carboxylic acids is 1. The van der Waals surface area contributed by atoms with E-state index in [-0.39, 0.29) is 5.92 Å². The van der Waals surface area contributed by atoms with Crippen molar-refractivity contribution in [1.82, 2.24) is 4.98 Å². The van der Waals surface area contributed by atoms with Gasteiger partial charge in [-0.15, -0.1) is 0 Å². The topological polar surface area (TPSA) is 68.7 Å². The summed E-state index contributed by atoms with van der Waals surface area (Å²) in [6.45, 7) is 0.410. The molecule has 5 nitrogen and oxygen atoms in total. The van der Waals surface area contributed by atoms with Gasteiger partial charge in [-0.1, -0.05) is 12.1 Å². The minimum Gasteiger partial charge on any atom is -0.481 e. The highest BCUT2D eigenvalue weighted by molar-refractivity contribution is 5.79. The van der Waals surface area contributed by atoms with E-state index >= 15 is 0 Å². The maximum Gasteiger partial charge on any atom is 0.306 e. The molecule has 0 unspecified atom stereocenters. The highest BCUT2D eigenvalue weighted by atomic mass is 17.2. The van der Waals surface area contributed by atoms with E-state index in [0.29, 0.717) is 12.5 Å². The van der Waals surface area contributed by atoms with E-state index < -0.39 is 5.97 Å². The van der Waals surface area contributed by atoms with Gasteiger partial charge >= 0.3 is 5.97 Å². The fraction of sp³-hybridized carbons (Fsp3) is 0.444. The predicted molar refractivity (Wildman–Crippen MR) is 85.9 cm³/mol. The number of rotatable bonds is 5. The van der Waals surface area contributed by atoms with Gasteiger partial charge in [-0.2, -0.15) is 0 Å². The van der Waals surface area contributed by atoms with E-state index in [4.69, 9.17) is 15.0 Å². The Labute approximate surface area is 135 Å². The summed E-state index contributed by atoms with van der Waals surface area (Å²) in [7, 11) is 1.49. The van der Waals surface area contributed by atoms with E-state index in [1.807, 2.05) is 18.2 Å². The molecule has 1 saturated carbocycles.